The quantitative estimate of drug-likeness (QED) is 0.868. The second kappa shape index (κ2) is 6.40. The molecule has 0 bridgehead atoms. The zero-order chi connectivity index (χ0) is 14.7. The van der Waals surface area contributed by atoms with E-state index in [2.05, 4.69) is 31.3 Å². The average Bonchev–Trinajstić information content (AvgIpc) is 2.37. The Hall–Kier alpha value is -1.35. The summed E-state index contributed by atoms with van der Waals surface area (Å²) in [7, 11) is 0. The molecule has 0 radical (unpaired) electrons. The SMILES string of the molecule is CCCC(NC1CCc2c(C)cc(C)cc2C1)C(=O)O. The van der Waals surface area contributed by atoms with Gasteiger partial charge in [0.2, 0.25) is 0 Å². The Morgan fingerprint density at radius 2 is 2.20 bits per heavy atom. The number of carboxylic acids is 1. The molecule has 2 rings (SSSR count). The second-order valence-electron chi connectivity index (χ2n) is 6.01. The highest BCUT2D eigenvalue weighted by atomic mass is 16.4. The highest BCUT2D eigenvalue weighted by Crippen LogP contribution is 2.26. The van der Waals surface area contributed by atoms with Crippen LogP contribution < -0.4 is 5.32 Å². The number of hydrogen-bond acceptors (Lipinski definition) is 2. The van der Waals surface area contributed by atoms with Gasteiger partial charge in [-0.25, -0.2) is 0 Å². The molecule has 1 aliphatic rings. The zero-order valence-electron chi connectivity index (χ0n) is 12.7. The number of carbonyl (C=O) groups is 1. The fraction of sp³-hybridized carbons (Fsp3) is 0.588. The Balaban J connectivity index is 2.09. The lowest BCUT2D eigenvalue weighted by Gasteiger charge is -2.29. The summed E-state index contributed by atoms with van der Waals surface area (Å²) < 4.78 is 0. The van der Waals surface area contributed by atoms with Gasteiger partial charge in [0.1, 0.15) is 6.04 Å². The van der Waals surface area contributed by atoms with Gasteiger partial charge in [-0.3, -0.25) is 4.79 Å². The van der Waals surface area contributed by atoms with Crippen LogP contribution in [0.5, 0.6) is 0 Å². The standard InChI is InChI=1S/C17H25NO2/c1-4-5-16(17(19)20)18-14-6-7-15-12(3)8-11(2)9-13(15)10-14/h8-9,14,16,18H,4-7,10H2,1-3H3,(H,19,20). The van der Waals surface area contributed by atoms with Gasteiger partial charge in [0.15, 0.2) is 0 Å². The van der Waals surface area contributed by atoms with E-state index >= 15 is 0 Å². The van der Waals surface area contributed by atoms with Crippen LogP contribution >= 0.6 is 0 Å². The van der Waals surface area contributed by atoms with E-state index in [1.165, 1.54) is 22.3 Å². The van der Waals surface area contributed by atoms with Crippen molar-refractivity contribution in [3.8, 4) is 0 Å². The Bertz CT molecular complexity index is 496. The fourth-order valence-electron chi connectivity index (χ4n) is 3.30. The van der Waals surface area contributed by atoms with Crippen LogP contribution in [-0.2, 0) is 17.6 Å². The van der Waals surface area contributed by atoms with Crippen LogP contribution in [0.25, 0.3) is 0 Å². The minimum Gasteiger partial charge on any atom is -0.480 e. The summed E-state index contributed by atoms with van der Waals surface area (Å²) in [4.78, 5) is 11.3. The minimum atomic E-state index is -0.724. The molecule has 2 unspecified atom stereocenters. The Morgan fingerprint density at radius 1 is 1.45 bits per heavy atom. The largest absolute Gasteiger partial charge is 0.480 e. The Kier molecular flexibility index (Phi) is 4.81. The van der Waals surface area contributed by atoms with E-state index in [1.54, 1.807) is 0 Å². The van der Waals surface area contributed by atoms with Crippen molar-refractivity contribution in [1.29, 1.82) is 0 Å². The third-order valence-electron chi connectivity index (χ3n) is 4.23. The summed E-state index contributed by atoms with van der Waals surface area (Å²) in [5.41, 5.74) is 5.54. The highest BCUT2D eigenvalue weighted by Gasteiger charge is 2.25. The molecule has 0 heterocycles. The molecule has 0 saturated heterocycles. The molecule has 3 nitrogen and oxygen atoms in total. The van der Waals surface area contributed by atoms with E-state index in [0.717, 1.165) is 25.7 Å². The van der Waals surface area contributed by atoms with E-state index < -0.39 is 12.0 Å². The van der Waals surface area contributed by atoms with Gasteiger partial charge >= 0.3 is 5.97 Å². The third kappa shape index (κ3) is 3.40. The number of rotatable bonds is 5. The van der Waals surface area contributed by atoms with Crippen molar-refractivity contribution in [1.82, 2.24) is 5.32 Å². The molecule has 2 N–H and O–H groups in total. The van der Waals surface area contributed by atoms with Crippen molar-refractivity contribution in [3.63, 3.8) is 0 Å². The van der Waals surface area contributed by atoms with Crippen LogP contribution in [0, 0.1) is 13.8 Å². The van der Waals surface area contributed by atoms with Gasteiger partial charge in [0.25, 0.3) is 0 Å². The van der Waals surface area contributed by atoms with Gasteiger partial charge in [-0.1, -0.05) is 31.0 Å². The maximum atomic E-state index is 11.3. The second-order valence-corrected chi connectivity index (χ2v) is 6.01. The van der Waals surface area contributed by atoms with Crippen molar-refractivity contribution in [2.24, 2.45) is 0 Å². The molecule has 3 heteroatoms. The van der Waals surface area contributed by atoms with Crippen molar-refractivity contribution in [2.75, 3.05) is 0 Å². The molecular weight excluding hydrogens is 250 g/mol. The van der Waals surface area contributed by atoms with Crippen molar-refractivity contribution in [2.45, 2.75) is 65.0 Å². The fourth-order valence-corrected chi connectivity index (χ4v) is 3.30. The summed E-state index contributed by atoms with van der Waals surface area (Å²) in [6, 6.07) is 4.38. The van der Waals surface area contributed by atoms with Gasteiger partial charge in [-0.2, -0.15) is 0 Å². The lowest BCUT2D eigenvalue weighted by molar-refractivity contribution is -0.139. The number of nitrogens with one attached hydrogen (secondary N) is 1. The van der Waals surface area contributed by atoms with Crippen molar-refractivity contribution >= 4 is 5.97 Å². The number of aliphatic carboxylic acids is 1. The summed E-state index contributed by atoms with van der Waals surface area (Å²) in [6.45, 7) is 6.33. The summed E-state index contributed by atoms with van der Waals surface area (Å²) >= 11 is 0. The monoisotopic (exact) mass is 275 g/mol. The third-order valence-corrected chi connectivity index (χ3v) is 4.23. The van der Waals surface area contributed by atoms with Crippen LogP contribution in [-0.4, -0.2) is 23.2 Å². The van der Waals surface area contributed by atoms with Crippen LogP contribution in [0.1, 0.15) is 48.4 Å². The van der Waals surface area contributed by atoms with Gasteiger partial charge in [-0.05, 0) is 56.2 Å². The molecule has 1 aromatic rings. The molecule has 0 aliphatic heterocycles. The van der Waals surface area contributed by atoms with E-state index in [4.69, 9.17) is 0 Å². The molecule has 2 atom stereocenters. The van der Waals surface area contributed by atoms with Gasteiger partial charge < -0.3 is 10.4 Å². The van der Waals surface area contributed by atoms with Crippen LogP contribution in [0.15, 0.2) is 12.1 Å². The highest BCUT2D eigenvalue weighted by molar-refractivity contribution is 5.73. The van der Waals surface area contributed by atoms with Gasteiger partial charge in [0, 0.05) is 6.04 Å². The van der Waals surface area contributed by atoms with Crippen molar-refractivity contribution in [3.05, 3.63) is 34.4 Å². The maximum absolute atomic E-state index is 11.3. The lowest BCUT2D eigenvalue weighted by Crippen LogP contribution is -2.45. The van der Waals surface area contributed by atoms with E-state index in [-0.39, 0.29) is 6.04 Å². The van der Waals surface area contributed by atoms with E-state index in [0.29, 0.717) is 6.42 Å². The number of aryl methyl sites for hydroxylation is 2. The molecule has 20 heavy (non-hydrogen) atoms. The molecule has 1 aliphatic carbocycles. The van der Waals surface area contributed by atoms with Gasteiger partial charge in [-0.15, -0.1) is 0 Å². The molecule has 0 spiro atoms. The molecule has 0 fully saturated rings. The molecular formula is C17H25NO2. The minimum absolute atomic E-state index is 0.288. The topological polar surface area (TPSA) is 49.3 Å². The Morgan fingerprint density at radius 3 is 2.85 bits per heavy atom. The summed E-state index contributed by atoms with van der Waals surface area (Å²) in [5.74, 6) is -0.724. The number of benzene rings is 1. The first-order chi connectivity index (χ1) is 9.51. The predicted octanol–water partition coefficient (Wildman–Crippen LogP) is 3.00. The molecule has 0 amide bonds. The van der Waals surface area contributed by atoms with Crippen molar-refractivity contribution < 1.29 is 9.90 Å². The smallest absolute Gasteiger partial charge is 0.320 e. The van der Waals surface area contributed by atoms with Crippen LogP contribution in [0.4, 0.5) is 0 Å². The molecule has 110 valence electrons. The van der Waals surface area contributed by atoms with Crippen LogP contribution in [0.3, 0.4) is 0 Å². The molecule has 0 saturated carbocycles. The lowest BCUT2D eigenvalue weighted by atomic mass is 9.84. The van der Waals surface area contributed by atoms with E-state index in [1.807, 2.05) is 6.92 Å². The summed E-state index contributed by atoms with van der Waals surface area (Å²) in [6.07, 6.45) is 4.63. The first-order valence-corrected chi connectivity index (χ1v) is 7.59. The molecule has 0 aromatic heterocycles. The number of fused-ring (bicyclic) bond motifs is 1. The Labute approximate surface area is 121 Å². The molecule has 1 aromatic carbocycles. The first-order valence-electron chi connectivity index (χ1n) is 7.59. The number of hydrogen-bond donors (Lipinski definition) is 2. The van der Waals surface area contributed by atoms with Crippen LogP contribution in [0.2, 0.25) is 0 Å². The zero-order valence-corrected chi connectivity index (χ0v) is 12.7. The normalized spacial score (nSPS) is 19.4. The first kappa shape index (κ1) is 15.0. The van der Waals surface area contributed by atoms with Gasteiger partial charge in [0.05, 0.1) is 0 Å². The summed E-state index contributed by atoms with van der Waals surface area (Å²) in [5, 5.41) is 12.6. The predicted molar refractivity (Wildman–Crippen MR) is 81.2 cm³/mol. The number of carboxylic acid groups (broad SMARTS) is 1. The maximum Gasteiger partial charge on any atom is 0.320 e. The average molecular weight is 275 g/mol. The van der Waals surface area contributed by atoms with E-state index in [9.17, 15) is 9.90 Å².